The van der Waals surface area contributed by atoms with E-state index in [1.54, 1.807) is 14.0 Å². The van der Waals surface area contributed by atoms with Crippen LogP contribution in [0.4, 0.5) is 0 Å². The zero-order valence-corrected chi connectivity index (χ0v) is 11.5. The van der Waals surface area contributed by atoms with Crippen molar-refractivity contribution in [3.05, 3.63) is 29.7 Å². The minimum absolute atomic E-state index is 0.201. The van der Waals surface area contributed by atoms with Gasteiger partial charge in [0.2, 0.25) is 5.89 Å². The van der Waals surface area contributed by atoms with Crippen LogP contribution in [0.3, 0.4) is 0 Å². The minimum Gasteiger partial charge on any atom is -0.496 e. The predicted octanol–water partition coefficient (Wildman–Crippen LogP) is 2.92. The van der Waals surface area contributed by atoms with Crippen molar-refractivity contribution in [2.24, 2.45) is 0 Å². The Morgan fingerprint density at radius 2 is 1.95 bits per heavy atom. The second-order valence-electron chi connectivity index (χ2n) is 4.74. The van der Waals surface area contributed by atoms with Gasteiger partial charge < -0.3 is 14.3 Å². The maximum Gasteiger partial charge on any atom is 0.251 e. The molecule has 0 aliphatic rings. The molecule has 1 N–H and O–H groups in total. The molecule has 1 atom stereocenters. The maximum atomic E-state index is 9.43. The molecule has 1 unspecified atom stereocenters. The van der Waals surface area contributed by atoms with Crippen molar-refractivity contribution in [1.29, 1.82) is 0 Å². The largest absolute Gasteiger partial charge is 0.496 e. The van der Waals surface area contributed by atoms with Crippen molar-refractivity contribution < 1.29 is 14.3 Å². The summed E-state index contributed by atoms with van der Waals surface area (Å²) in [5.74, 6) is 1.62. The number of nitrogens with zero attached hydrogens (tertiary/aromatic N) is 2. The second-order valence-corrected chi connectivity index (χ2v) is 4.74. The van der Waals surface area contributed by atoms with Crippen LogP contribution in [0.15, 0.2) is 22.6 Å². The van der Waals surface area contributed by atoms with Gasteiger partial charge in [-0.15, -0.1) is 10.2 Å². The summed E-state index contributed by atoms with van der Waals surface area (Å²) in [6, 6.07) is 5.87. The summed E-state index contributed by atoms with van der Waals surface area (Å²) in [6.07, 6.45) is -0.777. The highest BCUT2D eigenvalue weighted by molar-refractivity contribution is 5.63. The van der Waals surface area contributed by atoms with Gasteiger partial charge in [-0.25, -0.2) is 0 Å². The Bertz CT molecular complexity index is 562. The molecule has 1 aromatic carbocycles. The molecule has 5 nitrogen and oxygen atoms in total. The molecule has 2 rings (SSSR count). The number of hydrogen-bond donors (Lipinski definition) is 1. The molecular formula is C14H18N2O3. The molecule has 0 spiro atoms. The van der Waals surface area contributed by atoms with Gasteiger partial charge >= 0.3 is 0 Å². The summed E-state index contributed by atoms with van der Waals surface area (Å²) in [5.41, 5.74) is 1.90. The highest BCUT2D eigenvalue weighted by Crippen LogP contribution is 2.32. The highest BCUT2D eigenvalue weighted by atomic mass is 16.5. The van der Waals surface area contributed by atoms with Crippen LogP contribution in [-0.4, -0.2) is 22.4 Å². The van der Waals surface area contributed by atoms with E-state index in [2.05, 4.69) is 24.0 Å². The van der Waals surface area contributed by atoms with Gasteiger partial charge in [0, 0.05) is 0 Å². The molecule has 0 aliphatic carbocycles. The van der Waals surface area contributed by atoms with Crippen LogP contribution in [0.1, 0.15) is 44.2 Å². The number of aromatic nitrogens is 2. The lowest BCUT2D eigenvalue weighted by atomic mass is 10.0. The number of aliphatic hydroxyl groups is 1. The first-order valence-electron chi connectivity index (χ1n) is 6.22. The molecule has 0 saturated heterocycles. The van der Waals surface area contributed by atoms with Gasteiger partial charge in [0.05, 0.1) is 12.7 Å². The van der Waals surface area contributed by atoms with Crippen LogP contribution in [0.5, 0.6) is 5.75 Å². The molecule has 1 heterocycles. The third-order valence-electron chi connectivity index (χ3n) is 2.92. The van der Waals surface area contributed by atoms with E-state index in [0.717, 1.165) is 11.1 Å². The normalized spacial score (nSPS) is 12.7. The van der Waals surface area contributed by atoms with Crippen molar-refractivity contribution in [2.75, 3.05) is 7.11 Å². The molecule has 102 valence electrons. The van der Waals surface area contributed by atoms with Crippen molar-refractivity contribution >= 4 is 0 Å². The molecule has 0 radical (unpaired) electrons. The highest BCUT2D eigenvalue weighted by Gasteiger charge is 2.17. The first kappa shape index (κ1) is 13.5. The second kappa shape index (κ2) is 5.40. The van der Waals surface area contributed by atoms with Gasteiger partial charge in [-0.3, -0.25) is 0 Å². The van der Waals surface area contributed by atoms with Gasteiger partial charge in [0.15, 0.2) is 0 Å². The first-order valence-corrected chi connectivity index (χ1v) is 6.22. The van der Waals surface area contributed by atoms with Gasteiger partial charge in [-0.1, -0.05) is 19.9 Å². The van der Waals surface area contributed by atoms with Crippen LogP contribution in [0, 0.1) is 0 Å². The Morgan fingerprint density at radius 1 is 1.21 bits per heavy atom. The van der Waals surface area contributed by atoms with Crippen molar-refractivity contribution in [1.82, 2.24) is 10.2 Å². The topological polar surface area (TPSA) is 68.4 Å². The van der Waals surface area contributed by atoms with E-state index < -0.39 is 6.10 Å². The van der Waals surface area contributed by atoms with E-state index in [1.807, 2.05) is 18.2 Å². The first-order chi connectivity index (χ1) is 9.02. The summed E-state index contributed by atoms with van der Waals surface area (Å²) >= 11 is 0. The molecule has 0 amide bonds. The van der Waals surface area contributed by atoms with Crippen LogP contribution in [0.2, 0.25) is 0 Å². The lowest BCUT2D eigenvalue weighted by molar-refractivity contribution is 0.163. The number of rotatable bonds is 4. The molecule has 0 fully saturated rings. The Hall–Kier alpha value is -1.88. The number of benzene rings is 1. The molecule has 2 aromatic rings. The zero-order valence-electron chi connectivity index (χ0n) is 11.5. The van der Waals surface area contributed by atoms with Gasteiger partial charge in [-0.05, 0) is 30.5 Å². The van der Waals surface area contributed by atoms with E-state index in [4.69, 9.17) is 9.15 Å². The minimum atomic E-state index is -0.777. The average Bonchev–Trinajstić information content (AvgIpc) is 2.87. The van der Waals surface area contributed by atoms with Crippen LogP contribution >= 0.6 is 0 Å². The predicted molar refractivity (Wildman–Crippen MR) is 71.0 cm³/mol. The molecule has 0 aliphatic heterocycles. The fourth-order valence-corrected chi connectivity index (χ4v) is 1.76. The fraction of sp³-hybridized carbons (Fsp3) is 0.429. The SMILES string of the molecule is COc1ccc(C(C)C)cc1-c1nnc(C(C)O)o1. The number of aliphatic hydroxyl groups excluding tert-OH is 1. The lowest BCUT2D eigenvalue weighted by Gasteiger charge is -2.10. The summed E-state index contributed by atoms with van der Waals surface area (Å²) in [4.78, 5) is 0. The van der Waals surface area contributed by atoms with Crippen molar-refractivity contribution in [2.45, 2.75) is 32.8 Å². The molecule has 0 saturated carbocycles. The molecular weight excluding hydrogens is 244 g/mol. The quantitative estimate of drug-likeness (QED) is 0.917. The smallest absolute Gasteiger partial charge is 0.251 e. The molecule has 0 bridgehead atoms. The van der Waals surface area contributed by atoms with Crippen LogP contribution in [0.25, 0.3) is 11.5 Å². The maximum absolute atomic E-state index is 9.43. The summed E-state index contributed by atoms with van der Waals surface area (Å²) < 4.78 is 10.8. The van der Waals surface area contributed by atoms with Crippen molar-refractivity contribution in [3.8, 4) is 17.2 Å². The zero-order chi connectivity index (χ0) is 14.0. The average molecular weight is 262 g/mol. The van der Waals surface area contributed by atoms with E-state index in [1.165, 1.54) is 0 Å². The number of hydrogen-bond acceptors (Lipinski definition) is 5. The van der Waals surface area contributed by atoms with Gasteiger partial charge in [-0.2, -0.15) is 0 Å². The molecule has 19 heavy (non-hydrogen) atoms. The Morgan fingerprint density at radius 3 is 2.47 bits per heavy atom. The monoisotopic (exact) mass is 262 g/mol. The van der Waals surface area contributed by atoms with Gasteiger partial charge in [0.25, 0.3) is 5.89 Å². The van der Waals surface area contributed by atoms with Gasteiger partial charge in [0.1, 0.15) is 11.9 Å². The van der Waals surface area contributed by atoms with Crippen LogP contribution < -0.4 is 4.74 Å². The lowest BCUT2D eigenvalue weighted by Crippen LogP contribution is -1.93. The van der Waals surface area contributed by atoms with E-state index in [-0.39, 0.29) is 5.89 Å². The standard InChI is InChI=1S/C14H18N2O3/c1-8(2)10-5-6-12(18-4)11(7-10)14-16-15-13(19-14)9(3)17/h5-9,17H,1-4H3. The number of ether oxygens (including phenoxy) is 1. The summed E-state index contributed by atoms with van der Waals surface area (Å²) in [7, 11) is 1.60. The Kier molecular flexibility index (Phi) is 3.85. The van der Waals surface area contributed by atoms with E-state index in [9.17, 15) is 5.11 Å². The van der Waals surface area contributed by atoms with Crippen LogP contribution in [-0.2, 0) is 0 Å². The van der Waals surface area contributed by atoms with E-state index >= 15 is 0 Å². The third kappa shape index (κ3) is 2.76. The molecule has 1 aromatic heterocycles. The molecule has 5 heteroatoms. The summed E-state index contributed by atoms with van der Waals surface area (Å²) in [5, 5.41) is 17.2. The third-order valence-corrected chi connectivity index (χ3v) is 2.92. The van der Waals surface area contributed by atoms with Crippen molar-refractivity contribution in [3.63, 3.8) is 0 Å². The Balaban J connectivity index is 2.48. The number of methoxy groups -OCH3 is 1. The Labute approximate surface area is 112 Å². The summed E-state index contributed by atoms with van der Waals surface area (Å²) in [6.45, 7) is 5.81. The fourth-order valence-electron chi connectivity index (χ4n) is 1.76. The van der Waals surface area contributed by atoms with E-state index in [0.29, 0.717) is 17.6 Å².